The number of phenolic OH excluding ortho intramolecular Hbond substituents is 1. The van der Waals surface area contributed by atoms with Crippen molar-refractivity contribution in [3.8, 4) is 16.9 Å². The van der Waals surface area contributed by atoms with Crippen LogP contribution in [0, 0.1) is 11.6 Å². The first-order valence-electron chi connectivity index (χ1n) is 5.31. The van der Waals surface area contributed by atoms with Gasteiger partial charge in [0.05, 0.1) is 11.6 Å². The Bertz CT molecular complexity index is 714. The van der Waals surface area contributed by atoms with Crippen molar-refractivity contribution in [2.45, 2.75) is 0 Å². The van der Waals surface area contributed by atoms with Crippen molar-refractivity contribution in [3.63, 3.8) is 0 Å². The van der Waals surface area contributed by atoms with Gasteiger partial charge in [0.15, 0.2) is 11.6 Å². The number of hydrogen-bond donors (Lipinski definition) is 1. The highest BCUT2D eigenvalue weighted by Crippen LogP contribution is 2.33. The van der Waals surface area contributed by atoms with E-state index in [0.717, 1.165) is 6.07 Å². The predicted molar refractivity (Wildman–Crippen MR) is 63.2 cm³/mol. The highest BCUT2D eigenvalue weighted by molar-refractivity contribution is 5.93. The Kier molecular flexibility index (Phi) is 2.30. The Morgan fingerprint density at radius 1 is 1.00 bits per heavy atom. The lowest BCUT2D eigenvalue weighted by atomic mass is 10.0. The monoisotopic (exact) mass is 246 g/mol. The molecule has 90 valence electrons. The number of rotatable bonds is 1. The van der Waals surface area contributed by atoms with Crippen LogP contribution in [0.3, 0.4) is 0 Å². The van der Waals surface area contributed by atoms with Crippen molar-refractivity contribution >= 4 is 11.0 Å². The molecule has 0 saturated carbocycles. The summed E-state index contributed by atoms with van der Waals surface area (Å²) < 4.78 is 32.2. The topological polar surface area (TPSA) is 33.4 Å². The number of phenols is 1. The minimum absolute atomic E-state index is 0.108. The van der Waals surface area contributed by atoms with E-state index in [4.69, 9.17) is 4.42 Å². The third-order valence-electron chi connectivity index (χ3n) is 2.81. The molecule has 0 radical (unpaired) electrons. The number of furan rings is 1. The van der Waals surface area contributed by atoms with Gasteiger partial charge in [-0.2, -0.15) is 0 Å². The van der Waals surface area contributed by atoms with Crippen molar-refractivity contribution in [2.75, 3.05) is 0 Å². The molecule has 2 nitrogen and oxygen atoms in total. The molecule has 0 saturated heterocycles. The van der Waals surface area contributed by atoms with Gasteiger partial charge in [-0.3, -0.25) is 0 Å². The second-order valence-electron chi connectivity index (χ2n) is 3.93. The van der Waals surface area contributed by atoms with Crippen LogP contribution in [-0.2, 0) is 0 Å². The van der Waals surface area contributed by atoms with Gasteiger partial charge < -0.3 is 9.52 Å². The molecule has 0 aliphatic rings. The highest BCUT2D eigenvalue weighted by atomic mass is 19.2. The van der Waals surface area contributed by atoms with E-state index in [1.165, 1.54) is 24.5 Å². The molecule has 0 atom stereocenters. The maximum Gasteiger partial charge on any atom is 0.169 e. The first-order chi connectivity index (χ1) is 8.66. The smallest absolute Gasteiger partial charge is 0.169 e. The summed E-state index contributed by atoms with van der Waals surface area (Å²) in [5, 5.41) is 9.33. The fourth-order valence-electron chi connectivity index (χ4n) is 1.93. The molecular formula is C14H8F2O2. The molecule has 3 aromatic rings. The van der Waals surface area contributed by atoms with E-state index < -0.39 is 11.6 Å². The maximum absolute atomic E-state index is 13.5. The molecular weight excluding hydrogens is 238 g/mol. The summed E-state index contributed by atoms with van der Waals surface area (Å²) in [4.78, 5) is 0. The van der Waals surface area contributed by atoms with Crippen LogP contribution in [-0.4, -0.2) is 5.11 Å². The Morgan fingerprint density at radius 2 is 1.72 bits per heavy atom. The van der Waals surface area contributed by atoms with E-state index in [1.807, 2.05) is 0 Å². The van der Waals surface area contributed by atoms with Crippen molar-refractivity contribution in [1.29, 1.82) is 0 Å². The Balaban J connectivity index is 2.32. The zero-order valence-electron chi connectivity index (χ0n) is 9.15. The lowest BCUT2D eigenvalue weighted by Gasteiger charge is -2.04. The second-order valence-corrected chi connectivity index (χ2v) is 3.93. The molecule has 4 heteroatoms. The van der Waals surface area contributed by atoms with Crippen molar-refractivity contribution in [3.05, 3.63) is 54.3 Å². The number of fused-ring (bicyclic) bond motifs is 1. The standard InChI is InChI=1S/C14H8F2O2/c15-12-7-11(8-1-3-9(17)4-2-8)14-10(13(12)16)5-6-18-14/h1-7,17H. The number of hydrogen-bond acceptors (Lipinski definition) is 2. The van der Waals surface area contributed by atoms with Gasteiger partial charge in [0.2, 0.25) is 0 Å². The highest BCUT2D eigenvalue weighted by Gasteiger charge is 2.15. The molecule has 1 aromatic heterocycles. The van der Waals surface area contributed by atoms with Crippen LogP contribution >= 0.6 is 0 Å². The molecule has 0 fully saturated rings. The number of benzene rings is 2. The SMILES string of the molecule is Oc1ccc(-c2cc(F)c(F)c3ccoc23)cc1. The Morgan fingerprint density at radius 3 is 2.44 bits per heavy atom. The zero-order chi connectivity index (χ0) is 12.7. The average molecular weight is 246 g/mol. The van der Waals surface area contributed by atoms with E-state index >= 15 is 0 Å². The average Bonchev–Trinajstić information content (AvgIpc) is 2.84. The normalized spacial score (nSPS) is 11.0. The molecule has 3 rings (SSSR count). The summed E-state index contributed by atoms with van der Waals surface area (Å²) in [6, 6.07) is 8.66. The van der Waals surface area contributed by atoms with Gasteiger partial charge in [0.1, 0.15) is 11.3 Å². The van der Waals surface area contributed by atoms with Gasteiger partial charge in [-0.1, -0.05) is 12.1 Å². The van der Waals surface area contributed by atoms with Crippen LogP contribution < -0.4 is 0 Å². The summed E-state index contributed by atoms with van der Waals surface area (Å²) >= 11 is 0. The van der Waals surface area contributed by atoms with Gasteiger partial charge in [0, 0.05) is 5.56 Å². The Hall–Kier alpha value is -2.36. The molecule has 0 unspecified atom stereocenters. The molecule has 0 spiro atoms. The van der Waals surface area contributed by atoms with Crippen LogP contribution in [0.4, 0.5) is 8.78 Å². The lowest BCUT2D eigenvalue weighted by Crippen LogP contribution is -1.88. The summed E-state index contributed by atoms with van der Waals surface area (Å²) in [6.45, 7) is 0. The summed E-state index contributed by atoms with van der Waals surface area (Å²) in [6.07, 6.45) is 1.32. The van der Waals surface area contributed by atoms with Crippen LogP contribution in [0.15, 0.2) is 47.1 Å². The van der Waals surface area contributed by atoms with Crippen LogP contribution in [0.5, 0.6) is 5.75 Å². The number of aromatic hydroxyl groups is 1. The van der Waals surface area contributed by atoms with Crippen molar-refractivity contribution in [1.82, 2.24) is 0 Å². The zero-order valence-corrected chi connectivity index (χ0v) is 9.15. The first kappa shape index (κ1) is 10.8. The molecule has 0 aliphatic carbocycles. The minimum Gasteiger partial charge on any atom is -0.508 e. The third-order valence-corrected chi connectivity index (χ3v) is 2.81. The van der Waals surface area contributed by atoms with Gasteiger partial charge in [-0.15, -0.1) is 0 Å². The van der Waals surface area contributed by atoms with E-state index in [-0.39, 0.29) is 11.1 Å². The molecule has 0 aliphatic heterocycles. The number of halogens is 2. The molecule has 1 N–H and O–H groups in total. The largest absolute Gasteiger partial charge is 0.508 e. The second kappa shape index (κ2) is 3.84. The quantitative estimate of drug-likeness (QED) is 0.701. The molecule has 18 heavy (non-hydrogen) atoms. The summed E-state index contributed by atoms with van der Waals surface area (Å²) in [5.41, 5.74) is 1.39. The van der Waals surface area contributed by atoms with Crippen LogP contribution in [0.1, 0.15) is 0 Å². The first-order valence-corrected chi connectivity index (χ1v) is 5.31. The minimum atomic E-state index is -0.924. The van der Waals surface area contributed by atoms with E-state index in [1.54, 1.807) is 12.1 Å². The van der Waals surface area contributed by atoms with Gasteiger partial charge in [-0.05, 0) is 29.8 Å². The van der Waals surface area contributed by atoms with Crippen LogP contribution in [0.25, 0.3) is 22.1 Å². The third kappa shape index (κ3) is 1.54. The lowest BCUT2D eigenvalue weighted by molar-refractivity contribution is 0.475. The summed E-state index contributed by atoms with van der Waals surface area (Å²) in [7, 11) is 0. The van der Waals surface area contributed by atoms with E-state index in [2.05, 4.69) is 0 Å². The maximum atomic E-state index is 13.5. The fourth-order valence-corrected chi connectivity index (χ4v) is 1.93. The molecule has 0 amide bonds. The molecule has 2 aromatic carbocycles. The predicted octanol–water partition coefficient (Wildman–Crippen LogP) is 4.08. The fraction of sp³-hybridized carbons (Fsp3) is 0. The molecule has 0 bridgehead atoms. The van der Waals surface area contributed by atoms with Gasteiger partial charge >= 0.3 is 0 Å². The van der Waals surface area contributed by atoms with Crippen LogP contribution in [0.2, 0.25) is 0 Å². The van der Waals surface area contributed by atoms with Gasteiger partial charge in [0.25, 0.3) is 0 Å². The van der Waals surface area contributed by atoms with Gasteiger partial charge in [-0.25, -0.2) is 8.78 Å². The van der Waals surface area contributed by atoms with E-state index in [9.17, 15) is 13.9 Å². The molecule has 1 heterocycles. The van der Waals surface area contributed by atoms with Crippen molar-refractivity contribution < 1.29 is 18.3 Å². The van der Waals surface area contributed by atoms with E-state index in [0.29, 0.717) is 16.7 Å². The summed E-state index contributed by atoms with van der Waals surface area (Å²) in [5.74, 6) is -1.73. The van der Waals surface area contributed by atoms with Crippen molar-refractivity contribution in [2.24, 2.45) is 0 Å². The Labute approximate surface area is 101 Å².